The lowest BCUT2D eigenvalue weighted by molar-refractivity contribution is 0.515. The SMILES string of the molecule is Cc1ccc(-n2cc(Cn3c(=O)oc4cccnc43)nn2)cc1C. The van der Waals surface area contributed by atoms with E-state index in [1.807, 2.05) is 12.1 Å². The molecule has 0 aliphatic carbocycles. The molecule has 0 bridgehead atoms. The van der Waals surface area contributed by atoms with Crippen LogP contribution in [0, 0.1) is 13.8 Å². The third-order valence-electron chi connectivity index (χ3n) is 4.04. The molecule has 24 heavy (non-hydrogen) atoms. The molecule has 4 rings (SSSR count). The summed E-state index contributed by atoms with van der Waals surface area (Å²) in [6, 6.07) is 9.53. The van der Waals surface area contributed by atoms with E-state index in [0.29, 0.717) is 16.9 Å². The van der Waals surface area contributed by atoms with Crippen LogP contribution < -0.4 is 5.76 Å². The van der Waals surface area contributed by atoms with Gasteiger partial charge in [0.25, 0.3) is 0 Å². The van der Waals surface area contributed by atoms with Crippen molar-refractivity contribution in [2.75, 3.05) is 0 Å². The highest BCUT2D eigenvalue weighted by Gasteiger charge is 2.12. The normalized spacial score (nSPS) is 11.2. The second kappa shape index (κ2) is 5.45. The molecule has 0 atom stereocenters. The molecule has 0 aliphatic heterocycles. The molecular weight excluding hydrogens is 306 g/mol. The highest BCUT2D eigenvalue weighted by Crippen LogP contribution is 2.14. The van der Waals surface area contributed by atoms with Crippen molar-refractivity contribution in [2.24, 2.45) is 0 Å². The summed E-state index contributed by atoms with van der Waals surface area (Å²) in [5.74, 6) is -0.454. The molecule has 0 unspecified atom stereocenters. The Morgan fingerprint density at radius 3 is 2.88 bits per heavy atom. The van der Waals surface area contributed by atoms with E-state index in [1.165, 1.54) is 15.7 Å². The summed E-state index contributed by atoms with van der Waals surface area (Å²) in [6.07, 6.45) is 3.43. The van der Waals surface area contributed by atoms with Gasteiger partial charge in [-0.2, -0.15) is 0 Å². The van der Waals surface area contributed by atoms with Gasteiger partial charge < -0.3 is 4.42 Å². The minimum absolute atomic E-state index is 0.258. The van der Waals surface area contributed by atoms with Gasteiger partial charge in [-0.05, 0) is 49.2 Å². The molecule has 7 heteroatoms. The summed E-state index contributed by atoms with van der Waals surface area (Å²) in [7, 11) is 0. The zero-order valence-electron chi connectivity index (χ0n) is 13.3. The van der Waals surface area contributed by atoms with Gasteiger partial charge in [-0.1, -0.05) is 11.3 Å². The largest absolute Gasteiger partial charge is 0.421 e. The molecule has 0 fully saturated rings. The molecule has 3 aromatic heterocycles. The van der Waals surface area contributed by atoms with E-state index in [1.54, 1.807) is 29.2 Å². The Bertz CT molecular complexity index is 1090. The molecule has 0 radical (unpaired) electrons. The Morgan fingerprint density at radius 2 is 2.04 bits per heavy atom. The van der Waals surface area contributed by atoms with Crippen LogP contribution in [0.15, 0.2) is 51.9 Å². The number of benzene rings is 1. The molecule has 1 aromatic carbocycles. The predicted molar refractivity (Wildman–Crippen MR) is 88.2 cm³/mol. The average Bonchev–Trinajstić information content (AvgIpc) is 3.16. The predicted octanol–water partition coefficient (Wildman–Crippen LogP) is 2.24. The topological polar surface area (TPSA) is 78.7 Å². The second-order valence-electron chi connectivity index (χ2n) is 5.70. The van der Waals surface area contributed by atoms with E-state index in [9.17, 15) is 4.79 Å². The van der Waals surface area contributed by atoms with Crippen molar-refractivity contribution in [1.29, 1.82) is 0 Å². The zero-order valence-corrected chi connectivity index (χ0v) is 13.3. The first-order valence-electron chi connectivity index (χ1n) is 7.55. The average molecular weight is 321 g/mol. The van der Waals surface area contributed by atoms with Gasteiger partial charge in [-0.25, -0.2) is 14.5 Å². The van der Waals surface area contributed by atoms with Crippen LogP contribution in [-0.2, 0) is 6.54 Å². The number of aromatic nitrogens is 5. The second-order valence-corrected chi connectivity index (χ2v) is 5.70. The van der Waals surface area contributed by atoms with Crippen LogP contribution >= 0.6 is 0 Å². The molecule has 0 amide bonds. The maximum atomic E-state index is 12.0. The number of hydrogen-bond donors (Lipinski definition) is 0. The lowest BCUT2D eigenvalue weighted by atomic mass is 10.1. The summed E-state index contributed by atoms with van der Waals surface area (Å²) < 4.78 is 8.33. The minimum Gasteiger partial charge on any atom is -0.406 e. The molecule has 0 N–H and O–H groups in total. The standard InChI is InChI=1S/C17H15N5O2/c1-11-5-6-14(8-12(11)2)22-10-13(19-20-22)9-21-16-15(24-17(21)23)4-3-7-18-16/h3-8,10H,9H2,1-2H3. The molecule has 7 nitrogen and oxygen atoms in total. The molecular formula is C17H15N5O2. The van der Waals surface area contributed by atoms with E-state index in [2.05, 4.69) is 35.2 Å². The zero-order chi connectivity index (χ0) is 16.7. The maximum Gasteiger partial charge on any atom is 0.421 e. The Kier molecular flexibility index (Phi) is 3.26. The smallest absolute Gasteiger partial charge is 0.406 e. The number of fused-ring (bicyclic) bond motifs is 1. The number of rotatable bonds is 3. The first-order chi connectivity index (χ1) is 11.6. The highest BCUT2D eigenvalue weighted by molar-refractivity contribution is 5.67. The van der Waals surface area contributed by atoms with E-state index in [4.69, 9.17) is 4.42 Å². The molecule has 0 spiro atoms. The summed E-state index contributed by atoms with van der Waals surface area (Å²) in [6.45, 7) is 4.38. The van der Waals surface area contributed by atoms with E-state index in [-0.39, 0.29) is 6.54 Å². The lowest BCUT2D eigenvalue weighted by Crippen LogP contribution is -2.15. The van der Waals surface area contributed by atoms with Gasteiger partial charge in [0, 0.05) is 6.20 Å². The van der Waals surface area contributed by atoms with Gasteiger partial charge in [-0.15, -0.1) is 5.10 Å². The fourth-order valence-corrected chi connectivity index (χ4v) is 2.57. The Labute approximate surface area is 137 Å². The van der Waals surface area contributed by atoms with Crippen molar-refractivity contribution in [3.63, 3.8) is 0 Å². The van der Waals surface area contributed by atoms with Crippen molar-refractivity contribution in [2.45, 2.75) is 20.4 Å². The van der Waals surface area contributed by atoms with Crippen LogP contribution in [0.25, 0.3) is 16.9 Å². The van der Waals surface area contributed by atoms with Crippen LogP contribution in [0.1, 0.15) is 16.8 Å². The first-order valence-corrected chi connectivity index (χ1v) is 7.55. The summed E-state index contributed by atoms with van der Waals surface area (Å²) in [5, 5.41) is 8.30. The van der Waals surface area contributed by atoms with Gasteiger partial charge in [-0.3, -0.25) is 4.57 Å². The third kappa shape index (κ3) is 2.40. The number of oxazole rings is 1. The van der Waals surface area contributed by atoms with Crippen LogP contribution in [0.2, 0.25) is 0 Å². The summed E-state index contributed by atoms with van der Waals surface area (Å²) in [4.78, 5) is 16.2. The molecule has 0 saturated heterocycles. The van der Waals surface area contributed by atoms with Gasteiger partial charge in [0.1, 0.15) is 5.69 Å². The Morgan fingerprint density at radius 1 is 1.17 bits per heavy atom. The molecule has 4 aromatic rings. The minimum atomic E-state index is -0.454. The highest BCUT2D eigenvalue weighted by atomic mass is 16.4. The summed E-state index contributed by atoms with van der Waals surface area (Å²) in [5.41, 5.74) is 4.96. The molecule has 0 saturated carbocycles. The van der Waals surface area contributed by atoms with E-state index < -0.39 is 5.76 Å². The van der Waals surface area contributed by atoms with E-state index in [0.717, 1.165) is 5.69 Å². The van der Waals surface area contributed by atoms with Crippen molar-refractivity contribution in [3.05, 3.63) is 70.1 Å². The molecule has 0 aliphatic rings. The number of pyridine rings is 1. The molecule has 3 heterocycles. The number of aryl methyl sites for hydroxylation is 2. The number of hydrogen-bond acceptors (Lipinski definition) is 5. The number of nitrogens with zero attached hydrogens (tertiary/aromatic N) is 5. The van der Waals surface area contributed by atoms with Crippen LogP contribution in [0.4, 0.5) is 0 Å². The van der Waals surface area contributed by atoms with Gasteiger partial charge in [0.2, 0.25) is 0 Å². The van der Waals surface area contributed by atoms with Crippen LogP contribution in [0.3, 0.4) is 0 Å². The van der Waals surface area contributed by atoms with Gasteiger partial charge in [0.05, 0.1) is 18.4 Å². The Hall–Kier alpha value is -3.22. The van der Waals surface area contributed by atoms with Crippen LogP contribution in [-0.4, -0.2) is 24.5 Å². The third-order valence-corrected chi connectivity index (χ3v) is 4.04. The fraction of sp³-hybridized carbons (Fsp3) is 0.176. The van der Waals surface area contributed by atoms with E-state index >= 15 is 0 Å². The van der Waals surface area contributed by atoms with Gasteiger partial charge in [0.15, 0.2) is 11.2 Å². The molecule has 120 valence electrons. The summed E-state index contributed by atoms with van der Waals surface area (Å²) >= 11 is 0. The maximum absolute atomic E-state index is 12.0. The first kappa shape index (κ1) is 14.4. The van der Waals surface area contributed by atoms with Crippen molar-refractivity contribution >= 4 is 11.2 Å². The van der Waals surface area contributed by atoms with Crippen molar-refractivity contribution in [1.82, 2.24) is 24.5 Å². The monoisotopic (exact) mass is 321 g/mol. The lowest BCUT2D eigenvalue weighted by Gasteiger charge is -2.04. The van der Waals surface area contributed by atoms with Crippen LogP contribution in [0.5, 0.6) is 0 Å². The quantitative estimate of drug-likeness (QED) is 0.578. The fourth-order valence-electron chi connectivity index (χ4n) is 2.57. The van der Waals surface area contributed by atoms with Gasteiger partial charge >= 0.3 is 5.76 Å². The Balaban J connectivity index is 1.69. The van der Waals surface area contributed by atoms with Crippen molar-refractivity contribution in [3.8, 4) is 5.69 Å². The van der Waals surface area contributed by atoms with Crippen molar-refractivity contribution < 1.29 is 4.42 Å².